The molecule has 2 rings (SSSR count). The Morgan fingerprint density at radius 1 is 1.37 bits per heavy atom. The highest BCUT2D eigenvalue weighted by atomic mass is 35.5. The zero-order valence-corrected chi connectivity index (χ0v) is 11.6. The van der Waals surface area contributed by atoms with Crippen LogP contribution in [-0.4, -0.2) is 35.3 Å². The molecule has 1 aromatic rings. The third-order valence-electron chi connectivity index (χ3n) is 3.34. The minimum atomic E-state index is -0.698. The lowest BCUT2D eigenvalue weighted by molar-refractivity contribution is -0.119. The van der Waals surface area contributed by atoms with Gasteiger partial charge < -0.3 is 4.90 Å². The summed E-state index contributed by atoms with van der Waals surface area (Å²) in [5.41, 5.74) is 1.23. The molecule has 1 aliphatic rings. The van der Waals surface area contributed by atoms with Gasteiger partial charge in [0.15, 0.2) is 0 Å². The first kappa shape index (κ1) is 13.9. The van der Waals surface area contributed by atoms with Gasteiger partial charge in [0.1, 0.15) is 5.38 Å². The number of benzene rings is 1. The van der Waals surface area contributed by atoms with Gasteiger partial charge in [-0.25, -0.2) is 4.79 Å². The fraction of sp³-hybridized carbons (Fsp3) is 0.429. The van der Waals surface area contributed by atoms with E-state index < -0.39 is 11.3 Å². The van der Waals surface area contributed by atoms with Crippen LogP contribution in [-0.2, 0) is 4.79 Å². The standard InChI is InChI=1S/C14H17ClN2O2/c1-10(15)13(18)16-14(19)17-8-7-12(9-17)11-5-3-2-4-6-11/h2-6,10,12H,7-9H2,1H3,(H,16,18,19). The smallest absolute Gasteiger partial charge is 0.324 e. The molecule has 1 fully saturated rings. The van der Waals surface area contributed by atoms with Gasteiger partial charge in [-0.15, -0.1) is 11.6 Å². The highest BCUT2D eigenvalue weighted by Crippen LogP contribution is 2.26. The van der Waals surface area contributed by atoms with Crippen LogP contribution in [0.15, 0.2) is 30.3 Å². The second-order valence-electron chi connectivity index (χ2n) is 4.75. The normalized spacial score (nSPS) is 20.1. The average molecular weight is 281 g/mol. The Kier molecular flexibility index (Phi) is 4.43. The summed E-state index contributed by atoms with van der Waals surface area (Å²) in [5.74, 6) is -0.106. The first-order chi connectivity index (χ1) is 9.08. The monoisotopic (exact) mass is 280 g/mol. The Labute approximate surface area is 117 Å². The molecule has 1 saturated heterocycles. The number of halogens is 1. The van der Waals surface area contributed by atoms with E-state index >= 15 is 0 Å². The Morgan fingerprint density at radius 3 is 2.68 bits per heavy atom. The molecule has 2 unspecified atom stereocenters. The second kappa shape index (κ2) is 6.06. The van der Waals surface area contributed by atoms with Crippen molar-refractivity contribution in [2.75, 3.05) is 13.1 Å². The highest BCUT2D eigenvalue weighted by molar-refractivity contribution is 6.31. The molecular formula is C14H17ClN2O2. The maximum absolute atomic E-state index is 11.9. The lowest BCUT2D eigenvalue weighted by Gasteiger charge is -2.17. The van der Waals surface area contributed by atoms with Gasteiger partial charge in [0.25, 0.3) is 0 Å². The maximum Gasteiger partial charge on any atom is 0.324 e. The van der Waals surface area contributed by atoms with E-state index in [0.717, 1.165) is 6.42 Å². The first-order valence-corrected chi connectivity index (χ1v) is 6.80. The number of likely N-dealkylation sites (tertiary alicyclic amines) is 1. The number of carbonyl (C=O) groups excluding carboxylic acids is 2. The molecule has 1 heterocycles. The molecule has 1 N–H and O–H groups in total. The summed E-state index contributed by atoms with van der Waals surface area (Å²) < 4.78 is 0. The van der Waals surface area contributed by atoms with E-state index in [2.05, 4.69) is 17.4 Å². The van der Waals surface area contributed by atoms with E-state index in [4.69, 9.17) is 11.6 Å². The molecule has 0 spiro atoms. The van der Waals surface area contributed by atoms with Gasteiger partial charge in [0, 0.05) is 19.0 Å². The summed E-state index contributed by atoms with van der Waals surface area (Å²) in [5, 5.41) is 1.61. The molecule has 1 aliphatic heterocycles. The zero-order chi connectivity index (χ0) is 13.8. The minimum Gasteiger partial charge on any atom is -0.324 e. The molecule has 4 nitrogen and oxygen atoms in total. The molecule has 0 saturated carbocycles. The van der Waals surface area contributed by atoms with Crippen LogP contribution in [0.2, 0.25) is 0 Å². The minimum absolute atomic E-state index is 0.343. The van der Waals surface area contributed by atoms with Gasteiger partial charge in [-0.05, 0) is 18.9 Å². The summed E-state index contributed by atoms with van der Waals surface area (Å²) >= 11 is 5.62. The number of imide groups is 1. The second-order valence-corrected chi connectivity index (χ2v) is 5.41. The lowest BCUT2D eigenvalue weighted by Crippen LogP contribution is -2.43. The molecule has 2 atom stereocenters. The van der Waals surface area contributed by atoms with Crippen molar-refractivity contribution in [2.24, 2.45) is 0 Å². The highest BCUT2D eigenvalue weighted by Gasteiger charge is 2.28. The van der Waals surface area contributed by atoms with E-state index in [1.807, 2.05) is 18.2 Å². The van der Waals surface area contributed by atoms with Crippen molar-refractivity contribution in [1.29, 1.82) is 0 Å². The fourth-order valence-corrected chi connectivity index (χ4v) is 2.28. The van der Waals surface area contributed by atoms with Crippen LogP contribution in [0.1, 0.15) is 24.8 Å². The van der Waals surface area contributed by atoms with Gasteiger partial charge in [0.2, 0.25) is 5.91 Å². The molecule has 5 heteroatoms. The number of hydrogen-bond donors (Lipinski definition) is 1. The molecule has 0 bridgehead atoms. The zero-order valence-electron chi connectivity index (χ0n) is 10.8. The van der Waals surface area contributed by atoms with Gasteiger partial charge >= 0.3 is 6.03 Å². The van der Waals surface area contributed by atoms with Crippen LogP contribution >= 0.6 is 11.6 Å². The summed E-state index contributed by atoms with van der Waals surface area (Å²) in [6, 6.07) is 9.75. The summed E-state index contributed by atoms with van der Waals surface area (Å²) in [6.45, 7) is 2.84. The lowest BCUT2D eigenvalue weighted by atomic mass is 9.99. The third kappa shape index (κ3) is 3.47. The largest absolute Gasteiger partial charge is 0.324 e. The molecule has 3 amide bonds. The van der Waals surface area contributed by atoms with Crippen LogP contribution < -0.4 is 5.32 Å². The van der Waals surface area contributed by atoms with E-state index in [1.54, 1.807) is 11.8 Å². The summed E-state index contributed by atoms with van der Waals surface area (Å²) in [4.78, 5) is 24.9. The number of rotatable bonds is 2. The quantitative estimate of drug-likeness (QED) is 0.846. The molecular weight excluding hydrogens is 264 g/mol. The first-order valence-electron chi connectivity index (χ1n) is 6.36. The maximum atomic E-state index is 11.9. The molecule has 19 heavy (non-hydrogen) atoms. The van der Waals surface area contributed by atoms with Crippen LogP contribution in [0.25, 0.3) is 0 Å². The van der Waals surface area contributed by atoms with Gasteiger partial charge in [-0.1, -0.05) is 30.3 Å². The Bertz CT molecular complexity index is 462. The van der Waals surface area contributed by atoms with Crippen molar-refractivity contribution < 1.29 is 9.59 Å². The summed E-state index contributed by atoms with van der Waals surface area (Å²) in [7, 11) is 0. The topological polar surface area (TPSA) is 49.4 Å². The Hall–Kier alpha value is -1.55. The fourth-order valence-electron chi connectivity index (χ4n) is 2.23. The van der Waals surface area contributed by atoms with Gasteiger partial charge in [0.05, 0.1) is 0 Å². The van der Waals surface area contributed by atoms with Crippen LogP contribution in [0.5, 0.6) is 0 Å². The average Bonchev–Trinajstić information content (AvgIpc) is 2.89. The number of nitrogens with zero attached hydrogens (tertiary/aromatic N) is 1. The molecule has 0 aliphatic carbocycles. The number of carbonyl (C=O) groups is 2. The van der Waals surface area contributed by atoms with E-state index in [1.165, 1.54) is 5.56 Å². The summed E-state index contributed by atoms with van der Waals surface area (Å²) in [6.07, 6.45) is 0.919. The molecule has 1 aromatic carbocycles. The molecule has 0 radical (unpaired) electrons. The van der Waals surface area contributed by atoms with E-state index in [0.29, 0.717) is 19.0 Å². The van der Waals surface area contributed by atoms with Crippen LogP contribution in [0, 0.1) is 0 Å². The molecule has 102 valence electrons. The predicted octanol–water partition coefficient (Wildman–Crippen LogP) is 2.34. The Balaban J connectivity index is 1.92. The van der Waals surface area contributed by atoms with Crippen molar-refractivity contribution in [1.82, 2.24) is 10.2 Å². The predicted molar refractivity (Wildman–Crippen MR) is 74.2 cm³/mol. The molecule has 0 aromatic heterocycles. The van der Waals surface area contributed by atoms with Gasteiger partial charge in [-0.2, -0.15) is 0 Å². The number of urea groups is 1. The number of nitrogens with one attached hydrogen (secondary N) is 1. The van der Waals surface area contributed by atoms with Crippen LogP contribution in [0.3, 0.4) is 0 Å². The van der Waals surface area contributed by atoms with Crippen molar-refractivity contribution in [2.45, 2.75) is 24.6 Å². The van der Waals surface area contributed by atoms with Crippen LogP contribution in [0.4, 0.5) is 4.79 Å². The van der Waals surface area contributed by atoms with Crippen molar-refractivity contribution in [3.63, 3.8) is 0 Å². The SMILES string of the molecule is CC(Cl)C(=O)NC(=O)N1CCC(c2ccccc2)C1. The van der Waals surface area contributed by atoms with Crippen molar-refractivity contribution in [3.05, 3.63) is 35.9 Å². The number of hydrogen-bond acceptors (Lipinski definition) is 2. The van der Waals surface area contributed by atoms with Gasteiger partial charge in [-0.3, -0.25) is 10.1 Å². The number of amides is 3. The van der Waals surface area contributed by atoms with Crippen molar-refractivity contribution >= 4 is 23.5 Å². The van der Waals surface area contributed by atoms with E-state index in [-0.39, 0.29) is 6.03 Å². The Morgan fingerprint density at radius 2 is 2.05 bits per heavy atom. The van der Waals surface area contributed by atoms with E-state index in [9.17, 15) is 9.59 Å². The third-order valence-corrected chi connectivity index (χ3v) is 3.54. The van der Waals surface area contributed by atoms with Crippen molar-refractivity contribution in [3.8, 4) is 0 Å². The number of alkyl halides is 1.